The highest BCUT2D eigenvalue weighted by Crippen LogP contribution is 2.31. The molecule has 0 atom stereocenters. The van der Waals surface area contributed by atoms with Gasteiger partial charge in [-0.2, -0.15) is 18.3 Å². The van der Waals surface area contributed by atoms with Crippen LogP contribution in [0.15, 0.2) is 71.8 Å². The third kappa shape index (κ3) is 7.86. The Morgan fingerprint density at radius 2 is 1.75 bits per heavy atom. The minimum absolute atomic E-state index is 0.0667. The second-order valence-corrected chi connectivity index (χ2v) is 7.78. The number of benzene rings is 3. The van der Waals surface area contributed by atoms with Crippen molar-refractivity contribution in [1.82, 2.24) is 5.43 Å². The van der Waals surface area contributed by atoms with E-state index in [1.807, 2.05) is 31.2 Å². The van der Waals surface area contributed by atoms with Crippen LogP contribution in [-0.4, -0.2) is 25.1 Å². The molecule has 0 unspecified atom stereocenters. The fourth-order valence-corrected chi connectivity index (χ4v) is 3.19. The van der Waals surface area contributed by atoms with Gasteiger partial charge in [0.1, 0.15) is 13.0 Å². The van der Waals surface area contributed by atoms with Gasteiger partial charge in [-0.15, -0.1) is 0 Å². The second-order valence-electron chi connectivity index (χ2n) is 7.78. The fraction of sp³-hybridized carbons (Fsp3) is 0.192. The number of amides is 2. The fourth-order valence-electron chi connectivity index (χ4n) is 3.19. The maximum Gasteiger partial charge on any atom is 0.416 e. The van der Waals surface area contributed by atoms with Crippen molar-refractivity contribution in [2.45, 2.75) is 26.1 Å². The number of alkyl halides is 3. The smallest absolute Gasteiger partial charge is 0.416 e. The lowest BCUT2D eigenvalue weighted by molar-refractivity contribution is -0.137. The highest BCUT2D eigenvalue weighted by molar-refractivity contribution is 6.03. The molecule has 3 aromatic rings. The number of rotatable bonds is 9. The minimum atomic E-state index is -4.54. The number of aryl methyl sites for hydroxylation is 1. The van der Waals surface area contributed by atoms with Crippen LogP contribution in [0, 0.1) is 6.92 Å². The molecule has 2 amide bonds. The van der Waals surface area contributed by atoms with E-state index >= 15 is 0 Å². The standard InChI is InChI=1S/C26H24F3N3O4/c1-17-5-3-6-19(11-17)16-36-22-10-9-18(12-23(22)35-2)15-30-32-25(34)14-24(33)31-21-8-4-7-20(13-21)26(27,28)29/h3-13,15H,14,16H2,1-2H3,(H,31,33)(H,32,34). The zero-order valence-corrected chi connectivity index (χ0v) is 19.6. The van der Waals surface area contributed by atoms with E-state index in [4.69, 9.17) is 9.47 Å². The largest absolute Gasteiger partial charge is 0.493 e. The number of nitrogens with zero attached hydrogens (tertiary/aromatic N) is 1. The molecule has 0 fully saturated rings. The van der Waals surface area contributed by atoms with Crippen LogP contribution >= 0.6 is 0 Å². The van der Waals surface area contributed by atoms with Gasteiger partial charge >= 0.3 is 6.18 Å². The number of hydrogen-bond donors (Lipinski definition) is 2. The van der Waals surface area contributed by atoms with Gasteiger partial charge in [-0.25, -0.2) is 5.43 Å². The molecule has 3 rings (SSSR count). The summed E-state index contributed by atoms with van der Waals surface area (Å²) in [6, 6.07) is 17.2. The number of anilines is 1. The summed E-state index contributed by atoms with van der Waals surface area (Å²) in [5, 5.41) is 6.07. The molecule has 0 saturated carbocycles. The molecular weight excluding hydrogens is 475 g/mol. The van der Waals surface area contributed by atoms with Gasteiger partial charge in [0.25, 0.3) is 0 Å². The maximum absolute atomic E-state index is 12.8. The van der Waals surface area contributed by atoms with E-state index in [1.54, 1.807) is 18.2 Å². The second kappa shape index (κ2) is 11.9. The zero-order valence-electron chi connectivity index (χ0n) is 19.6. The molecule has 0 spiro atoms. The molecule has 0 saturated heterocycles. The van der Waals surface area contributed by atoms with Gasteiger partial charge in [0.05, 0.1) is 18.9 Å². The number of carbonyl (C=O) groups is 2. The van der Waals surface area contributed by atoms with E-state index in [9.17, 15) is 22.8 Å². The third-order valence-electron chi connectivity index (χ3n) is 4.86. The predicted octanol–water partition coefficient (Wildman–Crippen LogP) is 5.08. The number of methoxy groups -OCH3 is 1. The summed E-state index contributed by atoms with van der Waals surface area (Å²) in [5.74, 6) is -0.510. The van der Waals surface area contributed by atoms with Gasteiger partial charge < -0.3 is 14.8 Å². The summed E-state index contributed by atoms with van der Waals surface area (Å²) >= 11 is 0. The minimum Gasteiger partial charge on any atom is -0.493 e. The van der Waals surface area contributed by atoms with Crippen LogP contribution in [0.2, 0.25) is 0 Å². The van der Waals surface area contributed by atoms with E-state index in [0.29, 0.717) is 23.7 Å². The molecule has 0 radical (unpaired) electrons. The van der Waals surface area contributed by atoms with Crippen molar-refractivity contribution in [3.05, 3.63) is 89.0 Å². The van der Waals surface area contributed by atoms with Crippen LogP contribution in [0.4, 0.5) is 18.9 Å². The Hall–Kier alpha value is -4.34. The van der Waals surface area contributed by atoms with E-state index in [-0.39, 0.29) is 5.69 Å². The Labute approximate surface area is 205 Å². The molecule has 0 aliphatic carbocycles. The van der Waals surface area contributed by atoms with Crippen molar-refractivity contribution < 1.29 is 32.2 Å². The van der Waals surface area contributed by atoms with Crippen LogP contribution in [0.5, 0.6) is 11.5 Å². The SMILES string of the molecule is COc1cc(C=NNC(=O)CC(=O)Nc2cccc(C(F)(F)F)c2)ccc1OCc1cccc(C)c1. The van der Waals surface area contributed by atoms with Crippen molar-refractivity contribution in [1.29, 1.82) is 0 Å². The summed E-state index contributed by atoms with van der Waals surface area (Å²) in [5.41, 5.74) is 3.98. The normalized spacial score (nSPS) is 11.2. The van der Waals surface area contributed by atoms with E-state index < -0.39 is 30.0 Å². The van der Waals surface area contributed by atoms with Crippen LogP contribution in [-0.2, 0) is 22.4 Å². The first-order chi connectivity index (χ1) is 17.1. The molecule has 36 heavy (non-hydrogen) atoms. The summed E-state index contributed by atoms with van der Waals surface area (Å²) in [6.07, 6.45) is -3.81. The predicted molar refractivity (Wildman–Crippen MR) is 129 cm³/mol. The maximum atomic E-state index is 12.8. The lowest BCUT2D eigenvalue weighted by Gasteiger charge is -2.11. The lowest BCUT2D eigenvalue weighted by atomic mass is 10.1. The highest BCUT2D eigenvalue weighted by Gasteiger charge is 2.30. The van der Waals surface area contributed by atoms with Gasteiger partial charge in [0.2, 0.25) is 11.8 Å². The monoisotopic (exact) mass is 499 g/mol. The first kappa shape index (κ1) is 26.3. The molecule has 7 nitrogen and oxygen atoms in total. The molecule has 10 heteroatoms. The Balaban J connectivity index is 1.52. The van der Waals surface area contributed by atoms with Gasteiger partial charge in [-0.1, -0.05) is 35.9 Å². The van der Waals surface area contributed by atoms with Crippen molar-refractivity contribution >= 4 is 23.7 Å². The lowest BCUT2D eigenvalue weighted by Crippen LogP contribution is -2.24. The molecule has 0 bridgehead atoms. The quantitative estimate of drug-likeness (QED) is 0.244. The summed E-state index contributed by atoms with van der Waals surface area (Å²) in [4.78, 5) is 24.0. The van der Waals surface area contributed by atoms with Crippen LogP contribution < -0.4 is 20.2 Å². The van der Waals surface area contributed by atoms with E-state index in [1.165, 1.54) is 19.4 Å². The molecule has 0 heterocycles. The van der Waals surface area contributed by atoms with Crippen LogP contribution in [0.25, 0.3) is 0 Å². The summed E-state index contributed by atoms with van der Waals surface area (Å²) < 4.78 is 49.5. The molecule has 0 aliphatic rings. The molecule has 2 N–H and O–H groups in total. The van der Waals surface area contributed by atoms with Gasteiger partial charge in [0, 0.05) is 5.69 Å². The number of hydrogen-bond acceptors (Lipinski definition) is 5. The number of halogens is 3. The number of hydrazone groups is 1. The van der Waals surface area contributed by atoms with E-state index in [0.717, 1.165) is 29.3 Å². The van der Waals surface area contributed by atoms with Crippen LogP contribution in [0.3, 0.4) is 0 Å². The van der Waals surface area contributed by atoms with Crippen molar-refractivity contribution in [2.24, 2.45) is 5.10 Å². The number of ether oxygens (including phenoxy) is 2. The molecule has 188 valence electrons. The average Bonchev–Trinajstić information content (AvgIpc) is 2.82. The first-order valence-electron chi connectivity index (χ1n) is 10.8. The Morgan fingerprint density at radius 3 is 2.47 bits per heavy atom. The first-order valence-corrected chi connectivity index (χ1v) is 10.8. The highest BCUT2D eigenvalue weighted by atomic mass is 19.4. The molecule has 0 aromatic heterocycles. The van der Waals surface area contributed by atoms with Gasteiger partial charge in [0.15, 0.2) is 11.5 Å². The van der Waals surface area contributed by atoms with Gasteiger partial charge in [-0.3, -0.25) is 9.59 Å². The molecule has 3 aromatic carbocycles. The summed E-state index contributed by atoms with van der Waals surface area (Å²) in [7, 11) is 1.50. The number of nitrogens with one attached hydrogen (secondary N) is 2. The molecule has 0 aliphatic heterocycles. The topological polar surface area (TPSA) is 89.0 Å². The van der Waals surface area contributed by atoms with Gasteiger partial charge in [-0.05, 0) is 54.4 Å². The zero-order chi connectivity index (χ0) is 26.1. The number of carbonyl (C=O) groups excluding carboxylic acids is 2. The van der Waals surface area contributed by atoms with Crippen molar-refractivity contribution in [3.8, 4) is 11.5 Å². The van der Waals surface area contributed by atoms with E-state index in [2.05, 4.69) is 15.8 Å². The van der Waals surface area contributed by atoms with Crippen LogP contribution in [0.1, 0.15) is 28.7 Å². The molecular formula is C26H24F3N3O4. The Morgan fingerprint density at radius 1 is 0.972 bits per heavy atom. The van der Waals surface area contributed by atoms with Crippen molar-refractivity contribution in [2.75, 3.05) is 12.4 Å². The van der Waals surface area contributed by atoms with Crippen molar-refractivity contribution in [3.63, 3.8) is 0 Å². The Kier molecular flexibility index (Phi) is 8.66. The third-order valence-corrected chi connectivity index (χ3v) is 4.86. The Bertz CT molecular complexity index is 1260. The summed E-state index contributed by atoms with van der Waals surface area (Å²) in [6.45, 7) is 2.36. The average molecular weight is 499 g/mol.